The van der Waals surface area contributed by atoms with Crippen molar-refractivity contribution in [2.45, 2.75) is 56.9 Å². The summed E-state index contributed by atoms with van der Waals surface area (Å²) in [5.74, 6) is 3.87. The van der Waals surface area contributed by atoms with Gasteiger partial charge in [0.2, 0.25) is 16.0 Å². The molecule has 0 radical (unpaired) electrons. The van der Waals surface area contributed by atoms with Gasteiger partial charge >= 0.3 is 6.03 Å². The van der Waals surface area contributed by atoms with Gasteiger partial charge in [0.15, 0.2) is 0 Å². The summed E-state index contributed by atoms with van der Waals surface area (Å²) in [5.41, 5.74) is 3.03. The molecule has 1 fully saturated rings. The lowest BCUT2D eigenvalue weighted by molar-refractivity contribution is 0.0976. The van der Waals surface area contributed by atoms with E-state index in [0.717, 1.165) is 30.4 Å². The molecule has 12 nitrogen and oxygen atoms in total. The molecule has 0 spiro atoms. The van der Waals surface area contributed by atoms with Gasteiger partial charge in [-0.2, -0.15) is 4.31 Å². The van der Waals surface area contributed by atoms with Crippen molar-refractivity contribution in [3.05, 3.63) is 89.5 Å². The van der Waals surface area contributed by atoms with Crippen LogP contribution in [0.25, 0.3) is 0 Å². The number of carbonyl (C=O) groups is 2. The monoisotopic (exact) mass is 618 g/mol. The average molecular weight is 619 g/mol. The first-order chi connectivity index (χ1) is 20.9. The topological polar surface area (TPSA) is 173 Å². The van der Waals surface area contributed by atoms with Gasteiger partial charge in [-0.15, -0.1) is 0 Å². The summed E-state index contributed by atoms with van der Waals surface area (Å²) in [7, 11) is -3.68. The second-order valence-corrected chi connectivity index (χ2v) is 13.5. The molecule has 232 valence electrons. The van der Waals surface area contributed by atoms with Gasteiger partial charge in [0.05, 0.1) is 11.4 Å². The molecule has 1 aliphatic rings. The van der Waals surface area contributed by atoms with Crippen molar-refractivity contribution >= 4 is 39.3 Å². The molecule has 44 heavy (non-hydrogen) atoms. The van der Waals surface area contributed by atoms with E-state index in [2.05, 4.69) is 41.7 Å². The third-order valence-corrected chi connectivity index (χ3v) is 9.17. The number of anilines is 2. The number of benzene rings is 3. The summed E-state index contributed by atoms with van der Waals surface area (Å²) in [4.78, 5) is 27.8. The quantitative estimate of drug-likeness (QED) is 0.0912. The molecule has 4 rings (SSSR count). The molecule has 0 aromatic heterocycles. The van der Waals surface area contributed by atoms with Crippen LogP contribution in [-0.4, -0.2) is 43.7 Å². The number of hydrogen-bond donors (Lipinski definition) is 4. The van der Waals surface area contributed by atoms with Crippen molar-refractivity contribution in [1.29, 1.82) is 5.41 Å². The summed E-state index contributed by atoms with van der Waals surface area (Å²) >= 11 is 0. The van der Waals surface area contributed by atoms with Gasteiger partial charge in [-0.05, 0) is 71.8 Å². The summed E-state index contributed by atoms with van der Waals surface area (Å²) in [6.45, 7) is 7.45. The van der Waals surface area contributed by atoms with Crippen molar-refractivity contribution in [3.63, 3.8) is 0 Å². The SMILES string of the molecule is CC(C)(C)c1ccc(N(Cc2ccc(C(=O)NC(=N)/N=N\N)cc2)C(=O)Nc2cccc(S(=O)(=O)N3CCCCC3)c2)cc1. The lowest BCUT2D eigenvalue weighted by Crippen LogP contribution is -2.36. The third-order valence-electron chi connectivity index (χ3n) is 7.27. The number of nitrogens with one attached hydrogen (secondary N) is 3. The minimum absolute atomic E-state index is 0.0792. The van der Waals surface area contributed by atoms with E-state index >= 15 is 0 Å². The Morgan fingerprint density at radius 2 is 1.64 bits per heavy atom. The van der Waals surface area contributed by atoms with E-state index in [9.17, 15) is 18.0 Å². The van der Waals surface area contributed by atoms with Gasteiger partial charge < -0.3 is 11.2 Å². The zero-order valence-corrected chi connectivity index (χ0v) is 25.9. The summed E-state index contributed by atoms with van der Waals surface area (Å²) in [6.07, 6.45) is 2.67. The van der Waals surface area contributed by atoms with E-state index in [1.807, 2.05) is 24.3 Å². The highest BCUT2D eigenvalue weighted by molar-refractivity contribution is 7.89. The number of guanidine groups is 1. The van der Waals surface area contributed by atoms with Crippen LogP contribution in [0.3, 0.4) is 0 Å². The smallest absolute Gasteiger partial charge is 0.307 e. The number of hydrogen-bond acceptors (Lipinski definition) is 6. The fourth-order valence-corrected chi connectivity index (χ4v) is 6.37. The molecule has 3 aromatic rings. The first kappa shape index (κ1) is 32.3. The van der Waals surface area contributed by atoms with Gasteiger partial charge in [-0.3, -0.25) is 20.4 Å². The average Bonchev–Trinajstić information content (AvgIpc) is 3.00. The Morgan fingerprint density at radius 3 is 2.25 bits per heavy atom. The minimum Gasteiger partial charge on any atom is -0.307 e. The molecule has 0 saturated carbocycles. The van der Waals surface area contributed by atoms with Crippen molar-refractivity contribution in [2.24, 2.45) is 16.2 Å². The minimum atomic E-state index is -3.68. The molecule has 5 N–H and O–H groups in total. The van der Waals surface area contributed by atoms with Gasteiger partial charge in [0.1, 0.15) is 0 Å². The molecule has 0 bridgehead atoms. The zero-order valence-electron chi connectivity index (χ0n) is 25.1. The molecular weight excluding hydrogens is 580 g/mol. The van der Waals surface area contributed by atoms with Crippen LogP contribution in [0.15, 0.2) is 88.0 Å². The number of sulfonamides is 1. The molecule has 0 aliphatic carbocycles. The lowest BCUT2D eigenvalue weighted by Gasteiger charge is -2.27. The number of nitrogens with zero attached hydrogens (tertiary/aromatic N) is 4. The van der Waals surface area contributed by atoms with Gasteiger partial charge in [-0.1, -0.05) is 67.9 Å². The van der Waals surface area contributed by atoms with E-state index in [1.165, 1.54) is 10.4 Å². The normalized spacial score (nSPS) is 14.2. The first-order valence-corrected chi connectivity index (χ1v) is 15.7. The van der Waals surface area contributed by atoms with Crippen LogP contribution >= 0.6 is 0 Å². The molecular formula is C31H38N8O4S. The van der Waals surface area contributed by atoms with Crippen LogP contribution < -0.4 is 21.4 Å². The fourth-order valence-electron chi connectivity index (χ4n) is 4.81. The second-order valence-electron chi connectivity index (χ2n) is 11.5. The van der Waals surface area contributed by atoms with E-state index in [1.54, 1.807) is 47.4 Å². The highest BCUT2D eigenvalue weighted by Gasteiger charge is 2.26. The first-order valence-electron chi connectivity index (χ1n) is 14.3. The highest BCUT2D eigenvalue weighted by atomic mass is 32.2. The number of amides is 3. The van der Waals surface area contributed by atoms with Gasteiger partial charge in [0, 0.05) is 30.0 Å². The van der Waals surface area contributed by atoms with Crippen LogP contribution in [-0.2, 0) is 22.0 Å². The Hall–Kier alpha value is -4.62. The molecule has 0 atom stereocenters. The standard InChI is InChI=1S/C31H38N8O4S/c1-31(2,3)24-14-16-26(17-15-24)39(21-22-10-12-23(13-11-22)28(40)35-29(32)36-37-33)30(41)34-25-8-7-9-27(20-25)44(42,43)38-18-5-4-6-19-38/h7-17,20H,4-6,18-19,21H2,1-3H3,(H,34,41)(H4,32,33,35,36,40). The van der Waals surface area contributed by atoms with Crippen molar-refractivity contribution in [3.8, 4) is 0 Å². The molecule has 1 saturated heterocycles. The maximum absolute atomic E-state index is 13.8. The van der Waals surface area contributed by atoms with Crippen LogP contribution in [0.4, 0.5) is 16.2 Å². The molecule has 0 unspecified atom stereocenters. The number of rotatable bonds is 7. The number of nitrogens with two attached hydrogens (primary N) is 1. The number of piperidine rings is 1. The lowest BCUT2D eigenvalue weighted by atomic mass is 9.87. The maximum Gasteiger partial charge on any atom is 0.326 e. The van der Waals surface area contributed by atoms with Crippen LogP contribution in [0.2, 0.25) is 0 Å². The third kappa shape index (κ3) is 8.05. The molecule has 1 heterocycles. The summed E-state index contributed by atoms with van der Waals surface area (Å²) in [6, 6.07) is 20.1. The Kier molecular flexibility index (Phi) is 10.1. The number of urea groups is 1. The van der Waals surface area contributed by atoms with Crippen molar-refractivity contribution in [1.82, 2.24) is 9.62 Å². The fraction of sp³-hybridized carbons (Fsp3) is 0.323. The largest absolute Gasteiger partial charge is 0.326 e. The Morgan fingerprint density at radius 1 is 0.977 bits per heavy atom. The second kappa shape index (κ2) is 13.8. The van der Waals surface area contributed by atoms with Crippen LogP contribution in [0, 0.1) is 5.41 Å². The van der Waals surface area contributed by atoms with E-state index in [4.69, 9.17) is 11.3 Å². The zero-order chi connectivity index (χ0) is 31.9. The van der Waals surface area contributed by atoms with Crippen molar-refractivity contribution in [2.75, 3.05) is 23.3 Å². The maximum atomic E-state index is 13.8. The highest BCUT2D eigenvalue weighted by Crippen LogP contribution is 2.27. The Labute approximate surface area is 257 Å². The molecule has 13 heteroatoms. The van der Waals surface area contributed by atoms with E-state index < -0.39 is 27.9 Å². The van der Waals surface area contributed by atoms with Crippen LogP contribution in [0.5, 0.6) is 0 Å². The van der Waals surface area contributed by atoms with Crippen LogP contribution in [0.1, 0.15) is 61.5 Å². The van der Waals surface area contributed by atoms with E-state index in [-0.39, 0.29) is 22.4 Å². The Bertz CT molecular complexity index is 1630. The predicted octanol–water partition coefficient (Wildman–Crippen LogP) is 5.39. The number of carbonyl (C=O) groups excluding carboxylic acids is 2. The van der Waals surface area contributed by atoms with Gasteiger partial charge in [0.25, 0.3) is 5.91 Å². The summed E-state index contributed by atoms with van der Waals surface area (Å²) in [5, 5.41) is 18.9. The predicted molar refractivity (Wildman–Crippen MR) is 170 cm³/mol. The summed E-state index contributed by atoms with van der Waals surface area (Å²) < 4.78 is 28.0. The molecule has 1 aliphatic heterocycles. The van der Waals surface area contributed by atoms with Gasteiger partial charge in [-0.25, -0.2) is 13.2 Å². The van der Waals surface area contributed by atoms with Crippen molar-refractivity contribution < 1.29 is 18.0 Å². The molecule has 3 amide bonds. The molecule has 3 aromatic carbocycles. The Balaban J connectivity index is 1.58. The van der Waals surface area contributed by atoms with E-state index in [0.29, 0.717) is 24.5 Å².